The van der Waals surface area contributed by atoms with E-state index >= 15 is 0 Å². The molecule has 2 unspecified atom stereocenters. The monoisotopic (exact) mass is 612 g/mol. The smallest absolute Gasteiger partial charge is 0.326 e. The topological polar surface area (TPSA) is 115 Å². The van der Waals surface area contributed by atoms with E-state index in [1.807, 2.05) is 74.5 Å². The van der Waals surface area contributed by atoms with E-state index in [9.17, 15) is 29.4 Å². The summed E-state index contributed by atoms with van der Waals surface area (Å²) in [6.07, 6.45) is 2.38. The molecule has 2 aliphatic rings. The number of rotatable bonds is 13. The van der Waals surface area contributed by atoms with Crippen LogP contribution in [-0.2, 0) is 32.0 Å². The molecule has 2 aliphatic heterocycles. The van der Waals surface area contributed by atoms with Crippen molar-refractivity contribution in [2.45, 2.75) is 51.6 Å². The van der Waals surface area contributed by atoms with Gasteiger partial charge in [0.2, 0.25) is 11.8 Å². The van der Waals surface area contributed by atoms with Gasteiger partial charge in [-0.3, -0.25) is 9.59 Å². The van der Waals surface area contributed by atoms with Gasteiger partial charge >= 0.3 is 11.9 Å². The van der Waals surface area contributed by atoms with Crippen molar-refractivity contribution in [1.29, 1.82) is 0 Å². The zero-order valence-electron chi connectivity index (χ0n) is 24.1. The van der Waals surface area contributed by atoms with Crippen LogP contribution in [0.1, 0.15) is 37.8 Å². The molecule has 6 atom stereocenters. The second kappa shape index (κ2) is 15.0. The molecule has 10 heteroatoms. The fourth-order valence-corrected chi connectivity index (χ4v) is 8.69. The van der Waals surface area contributed by atoms with Gasteiger partial charge in [-0.25, -0.2) is 9.59 Å². The van der Waals surface area contributed by atoms with Gasteiger partial charge < -0.3 is 20.0 Å². The molecule has 0 aliphatic carbocycles. The third kappa shape index (κ3) is 8.31. The molecule has 0 radical (unpaired) electrons. The first-order valence-electron chi connectivity index (χ1n) is 14.5. The number of likely N-dealkylation sites (tertiary alicyclic amines) is 2. The molecule has 2 heterocycles. The van der Waals surface area contributed by atoms with Crippen LogP contribution in [0.25, 0.3) is 0 Å². The highest BCUT2D eigenvalue weighted by Crippen LogP contribution is 2.33. The van der Waals surface area contributed by atoms with Gasteiger partial charge in [-0.2, -0.15) is 0 Å². The number of nitrogens with zero attached hydrogens (tertiary/aromatic N) is 2. The van der Waals surface area contributed by atoms with E-state index < -0.39 is 24.0 Å². The summed E-state index contributed by atoms with van der Waals surface area (Å²) in [5.41, 5.74) is 2.28. The van der Waals surface area contributed by atoms with Crippen molar-refractivity contribution in [3.05, 3.63) is 71.8 Å². The van der Waals surface area contributed by atoms with Crippen LogP contribution >= 0.6 is 21.6 Å². The lowest BCUT2D eigenvalue weighted by Crippen LogP contribution is -2.43. The number of amides is 2. The molecular formula is C32H40N2O6S2. The normalized spacial score (nSPS) is 23.5. The Morgan fingerprint density at radius 3 is 1.38 bits per heavy atom. The molecule has 0 spiro atoms. The second-order valence-corrected chi connectivity index (χ2v) is 14.2. The number of carboxylic acids is 2. The van der Waals surface area contributed by atoms with E-state index in [2.05, 4.69) is 0 Å². The van der Waals surface area contributed by atoms with Crippen molar-refractivity contribution < 1.29 is 29.4 Å². The summed E-state index contributed by atoms with van der Waals surface area (Å²) in [4.78, 5) is 53.5. The van der Waals surface area contributed by atoms with Crippen molar-refractivity contribution in [2.24, 2.45) is 23.7 Å². The molecule has 0 aromatic heterocycles. The molecule has 2 amide bonds. The number of hydrogen-bond acceptors (Lipinski definition) is 6. The molecular weight excluding hydrogens is 572 g/mol. The molecule has 2 fully saturated rings. The highest BCUT2D eigenvalue weighted by Gasteiger charge is 2.42. The van der Waals surface area contributed by atoms with Crippen LogP contribution in [0.4, 0.5) is 0 Å². The Balaban J connectivity index is 1.23. The van der Waals surface area contributed by atoms with Gasteiger partial charge in [0.15, 0.2) is 0 Å². The van der Waals surface area contributed by atoms with E-state index in [4.69, 9.17) is 0 Å². The first-order chi connectivity index (χ1) is 20.1. The Kier molecular flexibility index (Phi) is 11.4. The number of carbonyl (C=O) groups is 4. The number of carbonyl (C=O) groups excluding carboxylic acids is 2. The fourth-order valence-electron chi connectivity index (χ4n) is 6.00. The minimum absolute atomic E-state index is 0.103. The number of carboxylic acid groups (broad SMARTS) is 2. The fraction of sp³-hybridized carbons (Fsp3) is 0.500. The van der Waals surface area contributed by atoms with Crippen LogP contribution in [0.5, 0.6) is 0 Å². The maximum atomic E-state index is 13.3. The quantitative estimate of drug-likeness (QED) is 0.247. The van der Waals surface area contributed by atoms with Crippen molar-refractivity contribution in [3.8, 4) is 0 Å². The third-order valence-electron chi connectivity index (χ3n) is 8.21. The molecule has 8 nitrogen and oxygen atoms in total. The number of aliphatic carboxylic acids is 2. The third-order valence-corrected chi connectivity index (χ3v) is 11.0. The molecule has 42 heavy (non-hydrogen) atoms. The van der Waals surface area contributed by atoms with Crippen LogP contribution in [0.15, 0.2) is 60.7 Å². The zero-order chi connectivity index (χ0) is 30.2. The average molecular weight is 613 g/mol. The van der Waals surface area contributed by atoms with E-state index in [1.54, 1.807) is 0 Å². The second-order valence-electron chi connectivity index (χ2n) is 11.6. The van der Waals surface area contributed by atoms with Crippen LogP contribution < -0.4 is 0 Å². The van der Waals surface area contributed by atoms with Gasteiger partial charge in [0.05, 0.1) is 0 Å². The maximum absolute atomic E-state index is 13.3. The minimum atomic E-state index is -0.965. The Morgan fingerprint density at radius 2 is 1.05 bits per heavy atom. The molecule has 0 bridgehead atoms. The number of hydrogen-bond donors (Lipinski definition) is 2. The van der Waals surface area contributed by atoms with E-state index in [1.165, 1.54) is 31.4 Å². The van der Waals surface area contributed by atoms with E-state index in [0.717, 1.165) is 24.0 Å². The molecule has 4 rings (SSSR count). The molecule has 0 saturated carbocycles. The van der Waals surface area contributed by atoms with Crippen molar-refractivity contribution >= 4 is 45.3 Å². The van der Waals surface area contributed by atoms with Crippen LogP contribution in [0, 0.1) is 23.7 Å². The Bertz CT molecular complexity index is 1130. The first kappa shape index (κ1) is 31.9. The largest absolute Gasteiger partial charge is 0.480 e. The Morgan fingerprint density at radius 1 is 0.690 bits per heavy atom. The zero-order valence-corrected chi connectivity index (χ0v) is 25.8. The van der Waals surface area contributed by atoms with Gasteiger partial charge in [-0.15, -0.1) is 0 Å². The van der Waals surface area contributed by atoms with Gasteiger partial charge in [0.25, 0.3) is 0 Å². The highest BCUT2D eigenvalue weighted by atomic mass is 33.1. The SMILES string of the molecule is CC(CSSCC(C)C(=O)N1C[C@@H](Cc2ccccc2)C[C@H]1C(=O)O)C(=O)N1C[C@@H](Cc2ccccc2)C[C@H]1C(=O)O. The van der Waals surface area contributed by atoms with E-state index in [0.29, 0.717) is 37.4 Å². The van der Waals surface area contributed by atoms with Crippen molar-refractivity contribution in [3.63, 3.8) is 0 Å². The number of benzene rings is 2. The lowest BCUT2D eigenvalue weighted by atomic mass is 9.97. The van der Waals surface area contributed by atoms with Crippen molar-refractivity contribution in [2.75, 3.05) is 24.6 Å². The summed E-state index contributed by atoms with van der Waals surface area (Å²) < 4.78 is 0. The standard InChI is InChI=1S/C32H40N2O6S2/c1-21(29(35)33-17-25(15-27(33)31(37)38)13-23-9-5-3-6-10-23)19-41-42-20-22(2)30(36)34-18-26(16-28(34)32(39)40)14-24-11-7-4-8-12-24/h3-12,21-22,25-28H,13-20H2,1-2H3,(H,37,38)(H,39,40)/t21?,22?,25-,26-,27-,28-/m0/s1. The summed E-state index contributed by atoms with van der Waals surface area (Å²) in [6.45, 7) is 4.51. The summed E-state index contributed by atoms with van der Waals surface area (Å²) in [5, 5.41) is 19.6. The predicted octanol–water partition coefficient (Wildman–Crippen LogP) is 4.73. The lowest BCUT2D eigenvalue weighted by molar-refractivity contribution is -0.149. The molecule has 2 saturated heterocycles. The van der Waals surface area contributed by atoms with Gasteiger partial charge in [-0.05, 0) is 48.6 Å². The van der Waals surface area contributed by atoms with Gasteiger partial charge in [-0.1, -0.05) is 96.1 Å². The molecule has 2 N–H and O–H groups in total. The highest BCUT2D eigenvalue weighted by molar-refractivity contribution is 8.76. The Hall–Kier alpha value is -2.98. The lowest BCUT2D eigenvalue weighted by Gasteiger charge is -2.26. The van der Waals surface area contributed by atoms with Crippen LogP contribution in [-0.4, -0.2) is 80.4 Å². The minimum Gasteiger partial charge on any atom is -0.480 e. The van der Waals surface area contributed by atoms with Crippen LogP contribution in [0.2, 0.25) is 0 Å². The summed E-state index contributed by atoms with van der Waals surface area (Å²) in [6, 6.07) is 18.2. The average Bonchev–Trinajstić information content (AvgIpc) is 3.60. The predicted molar refractivity (Wildman–Crippen MR) is 166 cm³/mol. The summed E-state index contributed by atoms with van der Waals surface area (Å²) in [5.74, 6) is -1.76. The van der Waals surface area contributed by atoms with E-state index in [-0.39, 0.29) is 35.5 Å². The summed E-state index contributed by atoms with van der Waals surface area (Å²) in [7, 11) is 2.99. The van der Waals surface area contributed by atoms with Gasteiger partial charge in [0, 0.05) is 36.4 Å². The molecule has 226 valence electrons. The van der Waals surface area contributed by atoms with Gasteiger partial charge in [0.1, 0.15) is 12.1 Å². The molecule has 2 aromatic rings. The molecule has 2 aromatic carbocycles. The van der Waals surface area contributed by atoms with Crippen molar-refractivity contribution in [1.82, 2.24) is 9.80 Å². The first-order valence-corrected chi connectivity index (χ1v) is 17.0. The van der Waals surface area contributed by atoms with Crippen LogP contribution in [0.3, 0.4) is 0 Å². The maximum Gasteiger partial charge on any atom is 0.326 e. The summed E-state index contributed by atoms with van der Waals surface area (Å²) >= 11 is 0. The Labute approximate surface area is 255 Å².